The summed E-state index contributed by atoms with van der Waals surface area (Å²) < 4.78 is 2.11. The van der Waals surface area contributed by atoms with Crippen molar-refractivity contribution in [1.29, 1.82) is 0 Å². The number of carbonyl (C=O) groups excluding carboxylic acids is 2. The number of amides is 3. The number of benzene rings is 2. The van der Waals surface area contributed by atoms with Crippen LogP contribution in [0.25, 0.3) is 11.0 Å². The summed E-state index contributed by atoms with van der Waals surface area (Å²) >= 11 is 0. The van der Waals surface area contributed by atoms with Gasteiger partial charge in [-0.3, -0.25) is 9.69 Å². The van der Waals surface area contributed by atoms with Crippen molar-refractivity contribution in [2.75, 3.05) is 44.6 Å². The molecule has 2 aromatic carbocycles. The maximum atomic E-state index is 12.8. The number of aromatic nitrogens is 2. The van der Waals surface area contributed by atoms with Crippen LogP contribution in [0.4, 0.5) is 10.5 Å². The summed E-state index contributed by atoms with van der Waals surface area (Å²) in [7, 11) is 2.03. The van der Waals surface area contributed by atoms with E-state index in [1.54, 1.807) is 0 Å². The molecule has 8 nitrogen and oxygen atoms in total. The van der Waals surface area contributed by atoms with Gasteiger partial charge in [0, 0.05) is 57.6 Å². The van der Waals surface area contributed by atoms with E-state index in [-0.39, 0.29) is 11.9 Å². The lowest BCUT2D eigenvalue weighted by Gasteiger charge is -2.34. The molecule has 0 aliphatic carbocycles. The third kappa shape index (κ3) is 4.75. The Kier molecular flexibility index (Phi) is 6.47. The number of fused-ring (bicyclic) bond motifs is 1. The molecule has 184 valence electrons. The van der Waals surface area contributed by atoms with E-state index >= 15 is 0 Å². The van der Waals surface area contributed by atoms with Gasteiger partial charge in [0.05, 0.1) is 17.6 Å². The molecule has 1 N–H and O–H groups in total. The second kappa shape index (κ2) is 9.70. The van der Waals surface area contributed by atoms with Gasteiger partial charge in [0.25, 0.3) is 5.91 Å². The van der Waals surface area contributed by atoms with Crippen LogP contribution in [0.5, 0.6) is 0 Å². The van der Waals surface area contributed by atoms with Gasteiger partial charge in [-0.1, -0.05) is 12.1 Å². The molecule has 0 bridgehead atoms. The van der Waals surface area contributed by atoms with Crippen molar-refractivity contribution in [3.8, 4) is 0 Å². The lowest BCUT2D eigenvalue weighted by Crippen LogP contribution is -2.49. The molecule has 1 aromatic heterocycles. The molecule has 8 heteroatoms. The van der Waals surface area contributed by atoms with Crippen molar-refractivity contribution in [3.63, 3.8) is 0 Å². The van der Waals surface area contributed by atoms with Gasteiger partial charge in [0.15, 0.2) is 0 Å². The van der Waals surface area contributed by atoms with Crippen molar-refractivity contribution in [2.24, 2.45) is 7.05 Å². The molecule has 0 spiro atoms. The zero-order valence-corrected chi connectivity index (χ0v) is 20.9. The lowest BCUT2D eigenvalue weighted by atomic mass is 10.1. The van der Waals surface area contributed by atoms with E-state index in [4.69, 9.17) is 4.98 Å². The molecule has 5 rings (SSSR count). The number of carbonyl (C=O) groups is 2. The smallest absolute Gasteiger partial charge is 0.321 e. The molecule has 0 saturated carbocycles. The van der Waals surface area contributed by atoms with Gasteiger partial charge >= 0.3 is 6.03 Å². The molecule has 2 aliphatic rings. The Morgan fingerprint density at radius 3 is 2.43 bits per heavy atom. The number of nitrogens with zero attached hydrogens (tertiary/aromatic N) is 5. The number of nitrogens with one attached hydrogen (secondary N) is 1. The highest BCUT2D eigenvalue weighted by Crippen LogP contribution is 2.22. The SMILES string of the molecule is Cc1cccc(NC(=O)N2CCN(Cc3nc4cc(C(=O)N5CCCC5)ccc4n3C)CC2)c1C. The minimum absolute atomic E-state index is 0.0451. The highest BCUT2D eigenvalue weighted by Gasteiger charge is 2.24. The minimum atomic E-state index is -0.0451. The van der Waals surface area contributed by atoms with Crippen LogP contribution in [-0.2, 0) is 13.6 Å². The van der Waals surface area contributed by atoms with E-state index in [9.17, 15) is 9.59 Å². The van der Waals surface area contributed by atoms with Gasteiger partial charge < -0.3 is 19.7 Å². The van der Waals surface area contributed by atoms with Crippen molar-refractivity contribution < 1.29 is 9.59 Å². The first kappa shape index (κ1) is 23.4. The first-order valence-corrected chi connectivity index (χ1v) is 12.5. The Bertz CT molecular complexity index is 1250. The number of rotatable bonds is 4. The van der Waals surface area contributed by atoms with Crippen LogP contribution in [0, 0.1) is 13.8 Å². The summed E-state index contributed by atoms with van der Waals surface area (Å²) in [6, 6.07) is 11.8. The molecule has 2 fully saturated rings. The number of hydrogen-bond acceptors (Lipinski definition) is 4. The molecule has 0 radical (unpaired) electrons. The Labute approximate surface area is 206 Å². The van der Waals surface area contributed by atoms with Gasteiger partial charge in [-0.05, 0) is 62.1 Å². The standard InChI is InChI=1S/C27H34N6O2/c1-19-7-6-8-22(20(19)2)29-27(35)33-15-13-31(14-16-33)18-25-28-23-17-21(9-10-24(23)30(25)3)26(34)32-11-4-5-12-32/h6-10,17H,4-5,11-16,18H2,1-3H3,(H,29,35). The summed E-state index contributed by atoms with van der Waals surface area (Å²) in [6.45, 7) is 9.43. The lowest BCUT2D eigenvalue weighted by molar-refractivity contribution is 0.0793. The fourth-order valence-electron chi connectivity index (χ4n) is 5.02. The normalized spacial score (nSPS) is 16.8. The molecule has 2 saturated heterocycles. The maximum Gasteiger partial charge on any atom is 0.321 e. The van der Waals surface area contributed by atoms with Gasteiger partial charge in [0.1, 0.15) is 5.82 Å². The summed E-state index contributed by atoms with van der Waals surface area (Å²) in [5, 5.41) is 3.07. The van der Waals surface area contributed by atoms with Crippen LogP contribution < -0.4 is 5.32 Å². The number of urea groups is 1. The topological polar surface area (TPSA) is 73.7 Å². The van der Waals surface area contributed by atoms with E-state index < -0.39 is 0 Å². The number of hydrogen-bond donors (Lipinski definition) is 1. The zero-order valence-electron chi connectivity index (χ0n) is 20.9. The van der Waals surface area contributed by atoms with E-state index in [1.807, 2.05) is 54.1 Å². The third-order valence-electron chi connectivity index (χ3n) is 7.48. The predicted molar refractivity (Wildman–Crippen MR) is 138 cm³/mol. The van der Waals surface area contributed by atoms with Crippen LogP contribution in [0.2, 0.25) is 0 Å². The van der Waals surface area contributed by atoms with E-state index in [0.29, 0.717) is 25.2 Å². The fraction of sp³-hybridized carbons (Fsp3) is 0.444. The molecular formula is C27H34N6O2. The van der Waals surface area contributed by atoms with Gasteiger partial charge in [0.2, 0.25) is 0 Å². The quantitative estimate of drug-likeness (QED) is 0.625. The van der Waals surface area contributed by atoms with E-state index in [2.05, 4.69) is 27.8 Å². The number of piperazine rings is 1. The van der Waals surface area contributed by atoms with Crippen molar-refractivity contribution in [3.05, 3.63) is 58.9 Å². The molecular weight excluding hydrogens is 440 g/mol. The summed E-state index contributed by atoms with van der Waals surface area (Å²) in [5.74, 6) is 1.07. The first-order chi connectivity index (χ1) is 16.9. The second-order valence-corrected chi connectivity index (χ2v) is 9.73. The van der Waals surface area contributed by atoms with Gasteiger partial charge in [-0.15, -0.1) is 0 Å². The Morgan fingerprint density at radius 1 is 0.943 bits per heavy atom. The number of anilines is 1. The van der Waals surface area contributed by atoms with Crippen LogP contribution in [0.1, 0.15) is 40.2 Å². The van der Waals surface area contributed by atoms with Crippen LogP contribution in [-0.4, -0.2) is 75.5 Å². The monoisotopic (exact) mass is 474 g/mol. The minimum Gasteiger partial charge on any atom is -0.339 e. The zero-order chi connectivity index (χ0) is 24.5. The highest BCUT2D eigenvalue weighted by atomic mass is 16.2. The van der Waals surface area contributed by atoms with Gasteiger partial charge in [-0.25, -0.2) is 9.78 Å². The average molecular weight is 475 g/mol. The molecule has 0 atom stereocenters. The van der Waals surface area contributed by atoms with E-state index in [0.717, 1.165) is 67.1 Å². The Hall–Kier alpha value is -3.39. The summed E-state index contributed by atoms with van der Waals surface area (Å²) in [4.78, 5) is 36.6. The number of likely N-dealkylation sites (tertiary alicyclic amines) is 1. The molecule has 3 heterocycles. The molecule has 35 heavy (non-hydrogen) atoms. The summed E-state index contributed by atoms with van der Waals surface area (Å²) in [5.41, 5.74) is 5.75. The third-order valence-corrected chi connectivity index (χ3v) is 7.48. The second-order valence-electron chi connectivity index (χ2n) is 9.73. The average Bonchev–Trinajstić information content (AvgIpc) is 3.50. The Morgan fingerprint density at radius 2 is 1.69 bits per heavy atom. The predicted octanol–water partition coefficient (Wildman–Crippen LogP) is 3.78. The molecule has 0 unspecified atom stereocenters. The Balaban J connectivity index is 1.21. The first-order valence-electron chi connectivity index (χ1n) is 12.5. The molecule has 3 aromatic rings. The van der Waals surface area contributed by atoms with Crippen LogP contribution >= 0.6 is 0 Å². The van der Waals surface area contributed by atoms with Crippen molar-refractivity contribution >= 4 is 28.7 Å². The van der Waals surface area contributed by atoms with Crippen LogP contribution in [0.3, 0.4) is 0 Å². The van der Waals surface area contributed by atoms with Gasteiger partial charge in [-0.2, -0.15) is 0 Å². The van der Waals surface area contributed by atoms with E-state index in [1.165, 1.54) is 5.56 Å². The molecule has 2 aliphatic heterocycles. The largest absolute Gasteiger partial charge is 0.339 e. The number of aryl methyl sites for hydroxylation is 2. The van der Waals surface area contributed by atoms with Crippen molar-refractivity contribution in [1.82, 2.24) is 24.3 Å². The molecule has 3 amide bonds. The summed E-state index contributed by atoms with van der Waals surface area (Å²) in [6.07, 6.45) is 2.17. The highest BCUT2D eigenvalue weighted by molar-refractivity contribution is 5.97. The number of imidazole rings is 1. The van der Waals surface area contributed by atoms with Crippen LogP contribution in [0.15, 0.2) is 36.4 Å². The maximum absolute atomic E-state index is 12.8. The van der Waals surface area contributed by atoms with Crippen molar-refractivity contribution in [2.45, 2.75) is 33.2 Å². The fourth-order valence-corrected chi connectivity index (χ4v) is 5.02.